The van der Waals surface area contributed by atoms with Gasteiger partial charge in [0.25, 0.3) is 0 Å². The topological polar surface area (TPSA) is 54.0 Å². The van der Waals surface area contributed by atoms with Gasteiger partial charge in [0.05, 0.1) is 5.56 Å². The molecular weight excluding hydrogens is 350 g/mol. The predicted molar refractivity (Wildman–Crippen MR) is 76.2 cm³/mol. The highest BCUT2D eigenvalue weighted by atomic mass is 35.5. The summed E-state index contributed by atoms with van der Waals surface area (Å²) >= 11 is 12.3. The largest absolute Gasteiger partial charge is 0.416 e. The fourth-order valence-electron chi connectivity index (χ4n) is 1.40. The van der Waals surface area contributed by atoms with Gasteiger partial charge in [-0.1, -0.05) is 40.6 Å². The third-order valence-electron chi connectivity index (χ3n) is 2.24. The Morgan fingerprint density at radius 2 is 1.95 bits per heavy atom. The van der Waals surface area contributed by atoms with Crippen LogP contribution in [0, 0.1) is 0 Å². The molecule has 0 aliphatic rings. The van der Waals surface area contributed by atoms with Gasteiger partial charge >= 0.3 is 12.2 Å². The number of halogens is 5. The number of nitrogens with zero attached hydrogens (tertiary/aromatic N) is 1. The highest BCUT2D eigenvalue weighted by Gasteiger charge is 2.30. The Labute approximate surface area is 130 Å². The predicted octanol–water partition coefficient (Wildman–Crippen LogP) is 5.11. The number of carbonyl (C=O) groups is 1. The van der Waals surface area contributed by atoms with Gasteiger partial charge in [-0.05, 0) is 18.2 Å². The summed E-state index contributed by atoms with van der Waals surface area (Å²) in [6.07, 6.45) is -4.49. The maximum absolute atomic E-state index is 12.5. The van der Waals surface area contributed by atoms with Crippen molar-refractivity contribution >= 4 is 52.1 Å². The second-order valence-electron chi connectivity index (χ2n) is 3.75. The van der Waals surface area contributed by atoms with Crippen molar-refractivity contribution < 1.29 is 18.0 Å². The monoisotopic (exact) mass is 355 g/mol. The molecule has 2 rings (SSSR count). The molecule has 1 heterocycles. The van der Waals surface area contributed by atoms with Crippen LogP contribution in [0.1, 0.15) is 5.56 Å². The van der Waals surface area contributed by atoms with E-state index in [0.29, 0.717) is 0 Å². The van der Waals surface area contributed by atoms with Gasteiger partial charge in [-0.3, -0.25) is 5.32 Å². The number of nitrogens with one attached hydrogen (secondary N) is 2. The Morgan fingerprint density at radius 1 is 1.24 bits per heavy atom. The van der Waals surface area contributed by atoms with Crippen molar-refractivity contribution in [2.24, 2.45) is 0 Å². The number of hydrogen-bond donors (Lipinski definition) is 2. The molecule has 0 aliphatic heterocycles. The first-order chi connectivity index (χ1) is 9.75. The summed E-state index contributed by atoms with van der Waals surface area (Å²) in [5.74, 6) is 0.0381. The van der Waals surface area contributed by atoms with Crippen LogP contribution in [0.25, 0.3) is 0 Å². The summed E-state index contributed by atoms with van der Waals surface area (Å²) in [6, 6.07) is 3.45. The first kappa shape index (κ1) is 15.9. The summed E-state index contributed by atoms with van der Waals surface area (Å²) < 4.78 is 37.9. The normalized spacial score (nSPS) is 11.3. The van der Waals surface area contributed by atoms with E-state index in [2.05, 4.69) is 15.6 Å². The molecule has 0 fully saturated rings. The van der Waals surface area contributed by atoms with E-state index in [0.717, 1.165) is 23.5 Å². The van der Waals surface area contributed by atoms with E-state index in [1.807, 2.05) is 0 Å². The molecule has 1 aromatic heterocycles. The number of anilines is 2. The zero-order valence-corrected chi connectivity index (χ0v) is 12.3. The fraction of sp³-hybridized carbons (Fsp3) is 0.0909. The minimum absolute atomic E-state index is 0.0141. The lowest BCUT2D eigenvalue weighted by Gasteiger charge is -2.10. The van der Waals surface area contributed by atoms with E-state index in [4.69, 9.17) is 23.2 Å². The highest BCUT2D eigenvalue weighted by Crippen LogP contribution is 2.32. The fourth-order valence-corrected chi connectivity index (χ4v) is 2.62. The molecule has 4 nitrogen and oxygen atoms in total. The van der Waals surface area contributed by atoms with Crippen molar-refractivity contribution in [3.05, 3.63) is 38.6 Å². The molecule has 0 aliphatic carbocycles. The quantitative estimate of drug-likeness (QED) is 0.785. The average Bonchev–Trinajstić information content (AvgIpc) is 2.67. The van der Waals surface area contributed by atoms with Crippen LogP contribution < -0.4 is 10.6 Å². The van der Waals surface area contributed by atoms with E-state index in [9.17, 15) is 18.0 Å². The first-order valence-corrected chi connectivity index (χ1v) is 6.90. The molecule has 0 radical (unpaired) electrons. The van der Waals surface area contributed by atoms with Crippen LogP contribution in [0.5, 0.6) is 0 Å². The summed E-state index contributed by atoms with van der Waals surface area (Å²) in [7, 11) is 0. The van der Waals surface area contributed by atoms with E-state index >= 15 is 0 Å². The molecule has 0 bridgehead atoms. The summed E-state index contributed by atoms with van der Waals surface area (Å²) in [5, 5.41) is 4.54. The summed E-state index contributed by atoms with van der Waals surface area (Å²) in [5.41, 5.74) is -0.880. The number of rotatable bonds is 2. The Morgan fingerprint density at radius 3 is 2.52 bits per heavy atom. The van der Waals surface area contributed by atoms with E-state index in [1.54, 1.807) is 0 Å². The number of thiazole rings is 1. The molecule has 2 N–H and O–H groups in total. The molecule has 10 heteroatoms. The number of alkyl halides is 3. The van der Waals surface area contributed by atoms with Crippen LogP contribution in [0.15, 0.2) is 24.3 Å². The lowest BCUT2D eigenvalue weighted by atomic mass is 10.2. The van der Waals surface area contributed by atoms with Crippen LogP contribution in [-0.4, -0.2) is 11.0 Å². The molecule has 0 atom stereocenters. The Balaban J connectivity index is 2.08. The molecule has 0 saturated heterocycles. The zero-order valence-electron chi connectivity index (χ0n) is 9.96. The standard InChI is InChI=1S/C11H6Cl2F3N3OS/c12-7-8(18-9(13)21-7)19-10(20)17-6-3-1-2-5(4-6)11(14,15)16/h1-4H,(H2,17,19,20). The maximum atomic E-state index is 12.5. The number of hydrogen-bond acceptors (Lipinski definition) is 3. The maximum Gasteiger partial charge on any atom is 0.416 e. The molecule has 2 amide bonds. The SMILES string of the molecule is O=C(Nc1cccc(C(F)(F)F)c1)Nc1nc(Cl)sc1Cl. The second kappa shape index (κ2) is 6.08. The number of urea groups is 1. The first-order valence-electron chi connectivity index (χ1n) is 5.33. The van der Waals surface area contributed by atoms with Gasteiger partial charge in [0.2, 0.25) is 0 Å². The van der Waals surface area contributed by atoms with Crippen LogP contribution in [-0.2, 0) is 6.18 Å². The van der Waals surface area contributed by atoms with E-state index in [-0.39, 0.29) is 20.3 Å². The van der Waals surface area contributed by atoms with Crippen molar-refractivity contribution in [3.8, 4) is 0 Å². The number of amides is 2. The number of carbonyl (C=O) groups excluding carboxylic acids is 1. The number of benzene rings is 1. The molecule has 2 aromatic rings. The molecule has 112 valence electrons. The van der Waals surface area contributed by atoms with Gasteiger partial charge in [-0.2, -0.15) is 13.2 Å². The summed E-state index contributed by atoms with van der Waals surface area (Å²) in [4.78, 5) is 15.4. The number of aromatic nitrogens is 1. The second-order valence-corrected chi connectivity index (χ2v) is 5.93. The van der Waals surface area contributed by atoms with Crippen molar-refractivity contribution in [2.45, 2.75) is 6.18 Å². The Hall–Kier alpha value is -1.51. The highest BCUT2D eigenvalue weighted by molar-refractivity contribution is 7.20. The van der Waals surface area contributed by atoms with Crippen LogP contribution >= 0.6 is 34.5 Å². The van der Waals surface area contributed by atoms with Gasteiger partial charge in [0.1, 0.15) is 4.34 Å². The lowest BCUT2D eigenvalue weighted by molar-refractivity contribution is -0.137. The third-order valence-corrected chi connectivity index (χ3v) is 3.60. The van der Waals surface area contributed by atoms with Crippen molar-refractivity contribution in [1.82, 2.24) is 4.98 Å². The minimum Gasteiger partial charge on any atom is -0.308 e. The Kier molecular flexibility index (Phi) is 4.60. The summed E-state index contributed by atoms with van der Waals surface area (Å²) in [6.45, 7) is 0. The average molecular weight is 356 g/mol. The molecule has 0 unspecified atom stereocenters. The molecular formula is C11H6Cl2F3N3OS. The van der Waals surface area contributed by atoms with E-state index in [1.165, 1.54) is 12.1 Å². The van der Waals surface area contributed by atoms with Gasteiger partial charge < -0.3 is 5.32 Å². The van der Waals surface area contributed by atoms with Crippen molar-refractivity contribution in [1.29, 1.82) is 0 Å². The van der Waals surface area contributed by atoms with Crippen LogP contribution in [0.4, 0.5) is 29.5 Å². The third kappa shape index (κ3) is 4.23. The molecule has 0 spiro atoms. The van der Waals surface area contributed by atoms with Gasteiger partial charge in [-0.25, -0.2) is 9.78 Å². The van der Waals surface area contributed by atoms with E-state index < -0.39 is 17.8 Å². The van der Waals surface area contributed by atoms with Gasteiger partial charge in [0, 0.05) is 5.69 Å². The molecule has 21 heavy (non-hydrogen) atoms. The molecule has 0 saturated carbocycles. The van der Waals surface area contributed by atoms with Crippen molar-refractivity contribution in [3.63, 3.8) is 0 Å². The van der Waals surface area contributed by atoms with Crippen molar-refractivity contribution in [2.75, 3.05) is 10.6 Å². The molecule has 1 aromatic carbocycles. The van der Waals surface area contributed by atoms with Crippen LogP contribution in [0.2, 0.25) is 8.80 Å². The van der Waals surface area contributed by atoms with Gasteiger partial charge in [0.15, 0.2) is 10.3 Å². The zero-order chi connectivity index (χ0) is 15.6. The van der Waals surface area contributed by atoms with Crippen LogP contribution in [0.3, 0.4) is 0 Å². The minimum atomic E-state index is -4.49. The van der Waals surface area contributed by atoms with Gasteiger partial charge in [-0.15, -0.1) is 0 Å². The smallest absolute Gasteiger partial charge is 0.308 e. The Bertz CT molecular complexity index is 675. The lowest BCUT2D eigenvalue weighted by Crippen LogP contribution is -2.20.